The maximum absolute atomic E-state index is 12.4. The Kier molecular flexibility index (Phi) is 7.49. The maximum Gasteiger partial charge on any atom is 0.573 e. The summed E-state index contributed by atoms with van der Waals surface area (Å²) in [6.07, 6.45) is -4.84. The molecule has 11 heteroatoms. The number of alkyl halides is 3. The van der Waals surface area contributed by atoms with Gasteiger partial charge in [0.25, 0.3) is 10.1 Å². The van der Waals surface area contributed by atoms with E-state index in [1.54, 1.807) is 20.8 Å². The van der Waals surface area contributed by atoms with Crippen molar-refractivity contribution in [2.45, 2.75) is 45.2 Å². The quantitative estimate of drug-likeness (QED) is 0.688. The molecule has 1 aromatic rings. The van der Waals surface area contributed by atoms with Crippen LogP contribution in [0.1, 0.15) is 38.8 Å². The van der Waals surface area contributed by atoms with Gasteiger partial charge in [-0.25, -0.2) is 4.79 Å². The highest BCUT2D eigenvalue weighted by Gasteiger charge is 2.31. The Labute approximate surface area is 155 Å². The summed E-state index contributed by atoms with van der Waals surface area (Å²) in [6, 6.07) is 4.12. The number of halogens is 3. The van der Waals surface area contributed by atoms with E-state index in [4.69, 9.17) is 4.74 Å². The van der Waals surface area contributed by atoms with Crippen LogP contribution in [-0.2, 0) is 19.0 Å². The summed E-state index contributed by atoms with van der Waals surface area (Å²) in [7, 11) is -3.71. The molecule has 0 aliphatic rings. The highest BCUT2D eigenvalue weighted by atomic mass is 32.2. The van der Waals surface area contributed by atoms with E-state index in [2.05, 4.69) is 14.2 Å². The SMILES string of the molecule is CC(C)(C)OC(=O)NC(CCOS(C)(=O)=O)c1cccc(OC(F)(F)F)c1. The zero-order valence-electron chi connectivity index (χ0n) is 15.3. The molecule has 0 radical (unpaired) electrons. The summed E-state index contributed by atoms with van der Waals surface area (Å²) in [5, 5.41) is 2.49. The van der Waals surface area contributed by atoms with Crippen LogP contribution in [0.5, 0.6) is 5.75 Å². The number of benzene rings is 1. The zero-order valence-corrected chi connectivity index (χ0v) is 16.1. The molecule has 0 aromatic heterocycles. The van der Waals surface area contributed by atoms with E-state index in [1.807, 2.05) is 0 Å². The minimum Gasteiger partial charge on any atom is -0.444 e. The second-order valence-electron chi connectivity index (χ2n) is 6.63. The summed E-state index contributed by atoms with van der Waals surface area (Å²) in [5.74, 6) is -0.472. The van der Waals surface area contributed by atoms with Crippen molar-refractivity contribution in [3.05, 3.63) is 29.8 Å². The van der Waals surface area contributed by atoms with Gasteiger partial charge in [0.1, 0.15) is 11.4 Å². The predicted octanol–water partition coefficient (Wildman–Crippen LogP) is 3.52. The molecule has 0 spiro atoms. The van der Waals surface area contributed by atoms with Gasteiger partial charge in [-0.1, -0.05) is 12.1 Å². The van der Waals surface area contributed by atoms with E-state index in [1.165, 1.54) is 12.1 Å². The van der Waals surface area contributed by atoms with Gasteiger partial charge in [0.15, 0.2) is 0 Å². The van der Waals surface area contributed by atoms with Crippen molar-refractivity contribution in [1.82, 2.24) is 5.32 Å². The first-order valence-electron chi connectivity index (χ1n) is 7.84. The van der Waals surface area contributed by atoms with Gasteiger partial charge in [-0.3, -0.25) is 4.18 Å². The molecule has 1 amide bonds. The van der Waals surface area contributed by atoms with Crippen LogP contribution >= 0.6 is 0 Å². The third kappa shape index (κ3) is 10.7. The number of carbonyl (C=O) groups is 1. The van der Waals surface area contributed by atoms with Crippen LogP contribution in [0.2, 0.25) is 0 Å². The fourth-order valence-electron chi connectivity index (χ4n) is 2.02. The van der Waals surface area contributed by atoms with Gasteiger partial charge in [-0.05, 0) is 44.9 Å². The van der Waals surface area contributed by atoms with Crippen LogP contribution < -0.4 is 10.1 Å². The normalized spacial score (nSPS) is 13.7. The number of hydrogen-bond acceptors (Lipinski definition) is 6. The van der Waals surface area contributed by atoms with E-state index >= 15 is 0 Å². The average molecular weight is 413 g/mol. The molecule has 7 nitrogen and oxygen atoms in total. The Morgan fingerprint density at radius 3 is 2.37 bits per heavy atom. The minimum atomic E-state index is -4.87. The maximum atomic E-state index is 12.4. The number of hydrogen-bond donors (Lipinski definition) is 1. The second-order valence-corrected chi connectivity index (χ2v) is 8.28. The summed E-state index contributed by atoms with van der Waals surface area (Å²) >= 11 is 0. The molecule has 154 valence electrons. The molecule has 1 unspecified atom stereocenters. The van der Waals surface area contributed by atoms with E-state index in [-0.39, 0.29) is 18.6 Å². The molecular weight excluding hydrogens is 391 g/mol. The zero-order chi connectivity index (χ0) is 20.9. The number of ether oxygens (including phenoxy) is 2. The standard InChI is InChI=1S/C16H22F3NO6S/c1-15(2,3)26-14(21)20-13(8-9-24-27(4,22)23)11-6-5-7-12(10-11)25-16(17,18)19/h5-7,10,13H,8-9H2,1-4H3,(H,20,21). The lowest BCUT2D eigenvalue weighted by atomic mass is 10.0. The van der Waals surface area contributed by atoms with Crippen molar-refractivity contribution in [3.8, 4) is 5.75 Å². The van der Waals surface area contributed by atoms with Crippen molar-refractivity contribution in [3.63, 3.8) is 0 Å². The number of nitrogens with one attached hydrogen (secondary N) is 1. The van der Waals surface area contributed by atoms with Crippen LogP contribution in [0.3, 0.4) is 0 Å². The summed E-state index contributed by atoms with van der Waals surface area (Å²) in [4.78, 5) is 12.0. The van der Waals surface area contributed by atoms with E-state index in [0.29, 0.717) is 0 Å². The highest BCUT2D eigenvalue weighted by molar-refractivity contribution is 7.85. The topological polar surface area (TPSA) is 90.9 Å². The van der Waals surface area contributed by atoms with Gasteiger partial charge < -0.3 is 14.8 Å². The molecule has 0 heterocycles. The van der Waals surface area contributed by atoms with Crippen LogP contribution in [0.25, 0.3) is 0 Å². The first-order chi connectivity index (χ1) is 12.1. The molecule has 0 fully saturated rings. The van der Waals surface area contributed by atoms with E-state index in [0.717, 1.165) is 18.4 Å². The third-order valence-corrected chi connectivity index (χ3v) is 3.48. The Hall–Kier alpha value is -2.01. The monoisotopic (exact) mass is 413 g/mol. The predicted molar refractivity (Wildman–Crippen MR) is 90.6 cm³/mol. The average Bonchev–Trinajstić information content (AvgIpc) is 2.41. The lowest BCUT2D eigenvalue weighted by molar-refractivity contribution is -0.274. The molecule has 0 aliphatic carbocycles. The van der Waals surface area contributed by atoms with Gasteiger partial charge in [-0.15, -0.1) is 13.2 Å². The van der Waals surface area contributed by atoms with Crippen molar-refractivity contribution in [2.75, 3.05) is 12.9 Å². The summed E-state index contributed by atoms with van der Waals surface area (Å²) in [5.41, 5.74) is -0.529. The van der Waals surface area contributed by atoms with Crippen molar-refractivity contribution in [2.24, 2.45) is 0 Å². The van der Waals surface area contributed by atoms with Crippen LogP contribution in [0.4, 0.5) is 18.0 Å². The number of amides is 1. The van der Waals surface area contributed by atoms with Crippen LogP contribution in [-0.4, -0.2) is 39.3 Å². The number of rotatable bonds is 7. The molecule has 1 atom stereocenters. The summed E-state index contributed by atoms with van der Waals surface area (Å²) < 4.78 is 73.0. The highest BCUT2D eigenvalue weighted by Crippen LogP contribution is 2.27. The summed E-state index contributed by atoms with van der Waals surface area (Å²) in [6.45, 7) is 4.65. The smallest absolute Gasteiger partial charge is 0.444 e. The van der Waals surface area contributed by atoms with Gasteiger partial charge in [0.2, 0.25) is 0 Å². The van der Waals surface area contributed by atoms with E-state index < -0.39 is 40.0 Å². The molecule has 1 aromatic carbocycles. The van der Waals surface area contributed by atoms with Crippen LogP contribution in [0.15, 0.2) is 24.3 Å². The largest absolute Gasteiger partial charge is 0.573 e. The first kappa shape index (κ1) is 23.0. The van der Waals surface area contributed by atoms with Gasteiger partial charge in [0.05, 0.1) is 18.9 Å². The number of carbonyl (C=O) groups excluding carboxylic acids is 1. The Morgan fingerprint density at radius 2 is 1.85 bits per heavy atom. The first-order valence-corrected chi connectivity index (χ1v) is 9.66. The molecule has 1 rings (SSSR count). The molecule has 1 N–H and O–H groups in total. The van der Waals surface area contributed by atoms with Crippen molar-refractivity contribution >= 4 is 16.2 Å². The van der Waals surface area contributed by atoms with Gasteiger partial charge in [-0.2, -0.15) is 8.42 Å². The van der Waals surface area contributed by atoms with Gasteiger partial charge in [0, 0.05) is 0 Å². The molecular formula is C16H22F3NO6S. The molecule has 27 heavy (non-hydrogen) atoms. The number of alkyl carbamates (subject to hydrolysis) is 1. The Balaban J connectivity index is 2.98. The van der Waals surface area contributed by atoms with Crippen LogP contribution in [0, 0.1) is 0 Å². The second kappa shape index (κ2) is 8.79. The lowest BCUT2D eigenvalue weighted by Gasteiger charge is -2.24. The Bertz CT molecular complexity index is 743. The molecule has 0 aliphatic heterocycles. The third-order valence-electron chi connectivity index (χ3n) is 2.89. The fraction of sp³-hybridized carbons (Fsp3) is 0.562. The Morgan fingerprint density at radius 1 is 1.22 bits per heavy atom. The van der Waals surface area contributed by atoms with Crippen molar-refractivity contribution < 1.29 is 40.0 Å². The van der Waals surface area contributed by atoms with Crippen molar-refractivity contribution in [1.29, 1.82) is 0 Å². The van der Waals surface area contributed by atoms with Gasteiger partial charge >= 0.3 is 12.5 Å². The molecule has 0 saturated heterocycles. The lowest BCUT2D eigenvalue weighted by Crippen LogP contribution is -2.35. The molecule has 0 bridgehead atoms. The fourth-order valence-corrected chi connectivity index (χ4v) is 2.42. The molecule has 0 saturated carbocycles. The van der Waals surface area contributed by atoms with E-state index in [9.17, 15) is 26.4 Å². The minimum absolute atomic E-state index is 0.0260.